The number of rotatable bonds is 6. The van der Waals surface area contributed by atoms with Gasteiger partial charge in [0.25, 0.3) is 0 Å². The minimum Gasteiger partial charge on any atom is -0.497 e. The van der Waals surface area contributed by atoms with Crippen LogP contribution in [-0.2, 0) is 16.0 Å². The van der Waals surface area contributed by atoms with Gasteiger partial charge in [0.2, 0.25) is 5.91 Å². The summed E-state index contributed by atoms with van der Waals surface area (Å²) in [6.07, 6.45) is 2.73. The predicted molar refractivity (Wildman–Crippen MR) is 91.6 cm³/mol. The highest BCUT2D eigenvalue weighted by atomic mass is 16.5. The molecule has 1 N–H and O–H groups in total. The topological polar surface area (TPSA) is 47.6 Å². The SMILES string of the molecule is COc1cccc(CC(C)(C)NC(=O)[C@@H](C)C2CCOCC2)c1. The number of carbonyl (C=O) groups is 1. The summed E-state index contributed by atoms with van der Waals surface area (Å²) in [5.41, 5.74) is 0.872. The van der Waals surface area contributed by atoms with Gasteiger partial charge in [0, 0.05) is 24.7 Å². The molecule has 4 nitrogen and oxygen atoms in total. The van der Waals surface area contributed by atoms with Gasteiger partial charge in [-0.2, -0.15) is 0 Å². The lowest BCUT2D eigenvalue weighted by Gasteiger charge is -2.32. The zero-order chi connectivity index (χ0) is 16.9. The normalized spacial score (nSPS) is 17.6. The van der Waals surface area contributed by atoms with Gasteiger partial charge in [-0.1, -0.05) is 19.1 Å². The van der Waals surface area contributed by atoms with Crippen LogP contribution in [0.5, 0.6) is 5.75 Å². The molecule has 1 atom stereocenters. The molecule has 2 rings (SSSR count). The molecular formula is C19H29NO3. The fourth-order valence-corrected chi connectivity index (χ4v) is 3.21. The molecular weight excluding hydrogens is 290 g/mol. The van der Waals surface area contributed by atoms with Gasteiger partial charge in [-0.3, -0.25) is 4.79 Å². The Labute approximate surface area is 139 Å². The molecule has 1 aromatic rings. The fourth-order valence-electron chi connectivity index (χ4n) is 3.21. The highest BCUT2D eigenvalue weighted by Crippen LogP contribution is 2.25. The van der Waals surface area contributed by atoms with Crippen LogP contribution in [-0.4, -0.2) is 31.8 Å². The van der Waals surface area contributed by atoms with E-state index in [1.54, 1.807) is 7.11 Å². The Morgan fingerprint density at radius 3 is 2.74 bits per heavy atom. The van der Waals surface area contributed by atoms with Gasteiger partial charge in [-0.25, -0.2) is 0 Å². The van der Waals surface area contributed by atoms with Crippen molar-refractivity contribution in [3.8, 4) is 5.75 Å². The lowest BCUT2D eigenvalue weighted by Crippen LogP contribution is -2.48. The van der Waals surface area contributed by atoms with Crippen molar-refractivity contribution in [1.29, 1.82) is 0 Å². The van der Waals surface area contributed by atoms with Crippen molar-refractivity contribution in [2.24, 2.45) is 11.8 Å². The van der Waals surface area contributed by atoms with E-state index in [1.807, 2.05) is 25.1 Å². The zero-order valence-corrected chi connectivity index (χ0v) is 14.7. The number of carbonyl (C=O) groups excluding carboxylic acids is 1. The second kappa shape index (κ2) is 7.82. The van der Waals surface area contributed by atoms with E-state index < -0.39 is 0 Å². The molecule has 23 heavy (non-hydrogen) atoms. The summed E-state index contributed by atoms with van der Waals surface area (Å²) in [6, 6.07) is 8.01. The van der Waals surface area contributed by atoms with E-state index in [-0.39, 0.29) is 17.4 Å². The van der Waals surface area contributed by atoms with Crippen molar-refractivity contribution in [3.63, 3.8) is 0 Å². The first-order valence-electron chi connectivity index (χ1n) is 8.44. The first-order chi connectivity index (χ1) is 10.9. The molecule has 128 valence electrons. The quantitative estimate of drug-likeness (QED) is 0.876. The van der Waals surface area contributed by atoms with Crippen molar-refractivity contribution >= 4 is 5.91 Å². The fraction of sp³-hybridized carbons (Fsp3) is 0.632. The molecule has 1 saturated heterocycles. The smallest absolute Gasteiger partial charge is 0.223 e. The Bertz CT molecular complexity index is 521. The van der Waals surface area contributed by atoms with Gasteiger partial charge in [0.15, 0.2) is 0 Å². The van der Waals surface area contributed by atoms with Crippen molar-refractivity contribution in [2.45, 2.75) is 45.6 Å². The monoisotopic (exact) mass is 319 g/mol. The van der Waals surface area contributed by atoms with Crippen molar-refractivity contribution < 1.29 is 14.3 Å². The standard InChI is InChI=1S/C19H29NO3/c1-14(16-8-10-23-11-9-16)18(21)20-19(2,3)13-15-6-5-7-17(12-15)22-4/h5-7,12,14,16H,8-11,13H2,1-4H3,(H,20,21)/t14-/m0/s1. The first-order valence-corrected chi connectivity index (χ1v) is 8.44. The Hall–Kier alpha value is -1.55. The number of ether oxygens (including phenoxy) is 2. The minimum absolute atomic E-state index is 0.0310. The molecule has 1 amide bonds. The second-order valence-corrected chi connectivity index (χ2v) is 7.14. The molecule has 1 fully saturated rings. The molecule has 1 heterocycles. The largest absolute Gasteiger partial charge is 0.497 e. The van der Waals surface area contributed by atoms with E-state index in [2.05, 4.69) is 25.2 Å². The molecule has 1 aliphatic heterocycles. The van der Waals surface area contributed by atoms with Gasteiger partial charge in [0.05, 0.1) is 7.11 Å². The highest BCUT2D eigenvalue weighted by molar-refractivity contribution is 5.79. The van der Waals surface area contributed by atoms with E-state index in [4.69, 9.17) is 9.47 Å². The van der Waals surface area contributed by atoms with E-state index in [1.165, 1.54) is 0 Å². The summed E-state index contributed by atoms with van der Waals surface area (Å²) in [5, 5.41) is 3.22. The van der Waals surface area contributed by atoms with E-state index in [0.29, 0.717) is 5.92 Å². The summed E-state index contributed by atoms with van der Waals surface area (Å²) < 4.78 is 10.7. The third kappa shape index (κ3) is 5.24. The van der Waals surface area contributed by atoms with Crippen molar-refractivity contribution in [3.05, 3.63) is 29.8 Å². The third-order valence-corrected chi connectivity index (χ3v) is 4.63. The van der Waals surface area contributed by atoms with Crippen LogP contribution in [0.25, 0.3) is 0 Å². The second-order valence-electron chi connectivity index (χ2n) is 7.14. The Morgan fingerprint density at radius 1 is 1.39 bits per heavy atom. The number of nitrogens with one attached hydrogen (secondary N) is 1. The lowest BCUT2D eigenvalue weighted by atomic mass is 9.85. The van der Waals surface area contributed by atoms with Gasteiger partial charge in [-0.05, 0) is 56.7 Å². The molecule has 0 saturated carbocycles. The van der Waals surface area contributed by atoms with Gasteiger partial charge >= 0.3 is 0 Å². The molecule has 0 spiro atoms. The summed E-state index contributed by atoms with van der Waals surface area (Å²) >= 11 is 0. The maximum Gasteiger partial charge on any atom is 0.223 e. The molecule has 1 aromatic carbocycles. The van der Waals surface area contributed by atoms with Crippen LogP contribution in [0.2, 0.25) is 0 Å². The summed E-state index contributed by atoms with van der Waals surface area (Å²) in [5.74, 6) is 1.45. The van der Waals surface area contributed by atoms with Crippen LogP contribution in [0.1, 0.15) is 39.2 Å². The van der Waals surface area contributed by atoms with E-state index >= 15 is 0 Å². The molecule has 1 aliphatic rings. The van der Waals surface area contributed by atoms with E-state index in [0.717, 1.165) is 43.8 Å². The average Bonchev–Trinajstić information content (AvgIpc) is 2.54. The van der Waals surface area contributed by atoms with Crippen LogP contribution >= 0.6 is 0 Å². The van der Waals surface area contributed by atoms with Crippen LogP contribution in [0, 0.1) is 11.8 Å². The first kappa shape index (κ1) is 17.8. The molecule has 0 radical (unpaired) electrons. The van der Waals surface area contributed by atoms with Crippen LogP contribution in [0.4, 0.5) is 0 Å². The average molecular weight is 319 g/mol. The Kier molecular flexibility index (Phi) is 6.05. The molecule has 0 unspecified atom stereocenters. The summed E-state index contributed by atoms with van der Waals surface area (Å²) in [4.78, 5) is 12.6. The molecule has 0 aromatic heterocycles. The van der Waals surface area contributed by atoms with Crippen LogP contribution in [0.3, 0.4) is 0 Å². The zero-order valence-electron chi connectivity index (χ0n) is 14.7. The molecule has 0 bridgehead atoms. The number of methoxy groups -OCH3 is 1. The number of hydrogen-bond donors (Lipinski definition) is 1. The van der Waals surface area contributed by atoms with Crippen molar-refractivity contribution in [2.75, 3.05) is 20.3 Å². The maximum atomic E-state index is 12.6. The van der Waals surface area contributed by atoms with E-state index in [9.17, 15) is 4.79 Å². The van der Waals surface area contributed by atoms with Crippen molar-refractivity contribution in [1.82, 2.24) is 5.32 Å². The Morgan fingerprint density at radius 2 is 2.09 bits per heavy atom. The van der Waals surface area contributed by atoms with Gasteiger partial charge < -0.3 is 14.8 Å². The molecule has 4 heteroatoms. The molecule has 0 aliphatic carbocycles. The minimum atomic E-state index is -0.289. The summed E-state index contributed by atoms with van der Waals surface area (Å²) in [6.45, 7) is 7.72. The number of hydrogen-bond acceptors (Lipinski definition) is 3. The van der Waals surface area contributed by atoms with Crippen LogP contribution in [0.15, 0.2) is 24.3 Å². The maximum absolute atomic E-state index is 12.6. The third-order valence-electron chi connectivity index (χ3n) is 4.63. The Balaban J connectivity index is 1.94. The highest BCUT2D eigenvalue weighted by Gasteiger charge is 2.29. The van der Waals surface area contributed by atoms with Gasteiger partial charge in [-0.15, -0.1) is 0 Å². The summed E-state index contributed by atoms with van der Waals surface area (Å²) in [7, 11) is 1.67. The number of amides is 1. The van der Waals surface area contributed by atoms with Crippen LogP contribution < -0.4 is 10.1 Å². The lowest BCUT2D eigenvalue weighted by molar-refractivity contribution is -0.128. The van der Waals surface area contributed by atoms with Gasteiger partial charge in [0.1, 0.15) is 5.75 Å². The predicted octanol–water partition coefficient (Wildman–Crippen LogP) is 3.20. The number of benzene rings is 1.